The van der Waals surface area contributed by atoms with Gasteiger partial charge in [-0.1, -0.05) is 25.5 Å². The first-order valence-corrected chi connectivity index (χ1v) is 8.92. The molecule has 0 aliphatic heterocycles. The Labute approximate surface area is 149 Å². The summed E-state index contributed by atoms with van der Waals surface area (Å²) in [5.41, 5.74) is 0.274. The van der Waals surface area contributed by atoms with E-state index in [2.05, 4.69) is 10.3 Å². The summed E-state index contributed by atoms with van der Waals surface area (Å²) in [6.07, 6.45) is 1.62. The number of hydrogen-bond donors (Lipinski definition) is 2. The molecule has 0 saturated carbocycles. The van der Waals surface area contributed by atoms with Crippen molar-refractivity contribution in [1.29, 1.82) is 0 Å². The van der Waals surface area contributed by atoms with E-state index in [0.717, 1.165) is 10.6 Å². The second-order valence-electron chi connectivity index (χ2n) is 6.15. The van der Waals surface area contributed by atoms with Gasteiger partial charge in [-0.2, -0.15) is 0 Å². The molecule has 0 saturated heterocycles. The normalized spacial score (nSPS) is 13.2. The zero-order valence-electron chi connectivity index (χ0n) is 14.2. The molecule has 7 heteroatoms. The molecule has 134 valence electrons. The third kappa shape index (κ3) is 5.35. The molecule has 0 fully saturated rings. The number of benzene rings is 1. The number of nitrogens with zero attached hydrogens (tertiary/aromatic N) is 1. The summed E-state index contributed by atoms with van der Waals surface area (Å²) in [7, 11) is 0. The molecule has 2 aromatic rings. The number of halogens is 1. The molecule has 0 aliphatic carbocycles. The molecule has 2 N–H and O–H groups in total. The molecule has 0 radical (unpaired) electrons. The fourth-order valence-electron chi connectivity index (χ4n) is 2.53. The summed E-state index contributed by atoms with van der Waals surface area (Å²) in [6.45, 7) is 3.38. The van der Waals surface area contributed by atoms with E-state index in [1.807, 2.05) is 6.92 Å². The highest BCUT2D eigenvalue weighted by molar-refractivity contribution is 7.09. The van der Waals surface area contributed by atoms with Gasteiger partial charge in [0.25, 0.3) is 0 Å². The predicted octanol–water partition coefficient (Wildman–Crippen LogP) is 3.18. The van der Waals surface area contributed by atoms with Crippen LogP contribution in [0.2, 0.25) is 0 Å². The summed E-state index contributed by atoms with van der Waals surface area (Å²) in [6, 6.07) is 6.20. The average Bonchev–Trinajstić information content (AvgIpc) is 2.96. The van der Waals surface area contributed by atoms with Crippen LogP contribution < -0.4 is 5.32 Å². The molecule has 0 aliphatic rings. The molecule has 1 aromatic carbocycles. The number of amides is 1. The number of carbonyl (C=O) groups excluding carboxylic acids is 1. The summed E-state index contributed by atoms with van der Waals surface area (Å²) in [5, 5.41) is 14.5. The van der Waals surface area contributed by atoms with Crippen LogP contribution in [0.3, 0.4) is 0 Å². The van der Waals surface area contributed by atoms with Crippen LogP contribution in [0.4, 0.5) is 4.39 Å². The lowest BCUT2D eigenvalue weighted by atomic mass is 9.96. The van der Waals surface area contributed by atoms with Gasteiger partial charge in [0.1, 0.15) is 11.4 Å². The van der Waals surface area contributed by atoms with Crippen LogP contribution in [0, 0.1) is 5.82 Å². The Bertz CT molecular complexity index is 745. The van der Waals surface area contributed by atoms with Crippen molar-refractivity contribution in [3.63, 3.8) is 0 Å². The monoisotopic (exact) mass is 364 g/mol. The van der Waals surface area contributed by atoms with Crippen molar-refractivity contribution in [2.45, 2.75) is 45.1 Å². The number of aromatic nitrogens is 1. The average molecular weight is 364 g/mol. The minimum Gasteiger partial charge on any atom is -0.480 e. The Morgan fingerprint density at radius 3 is 2.60 bits per heavy atom. The molecule has 1 atom stereocenters. The standard InChI is InChI=1S/C18H21FN2O3S/c1-3-8-18(2,17(23)24)21-15(22)10-14-11-25-16(20-14)9-12-4-6-13(19)7-5-12/h4-7,11H,3,8-10H2,1-2H3,(H,21,22)(H,23,24). The lowest BCUT2D eigenvalue weighted by Gasteiger charge is -2.25. The summed E-state index contributed by atoms with van der Waals surface area (Å²) < 4.78 is 12.9. The largest absolute Gasteiger partial charge is 0.480 e. The van der Waals surface area contributed by atoms with E-state index < -0.39 is 11.5 Å². The second kappa shape index (κ2) is 8.20. The van der Waals surface area contributed by atoms with Gasteiger partial charge in [0.05, 0.1) is 17.1 Å². The van der Waals surface area contributed by atoms with Crippen LogP contribution in [-0.4, -0.2) is 27.5 Å². The van der Waals surface area contributed by atoms with E-state index >= 15 is 0 Å². The summed E-state index contributed by atoms with van der Waals surface area (Å²) in [5.74, 6) is -1.69. The number of rotatable bonds is 8. The van der Waals surface area contributed by atoms with E-state index in [4.69, 9.17) is 0 Å². The first kappa shape index (κ1) is 19.1. The molecule has 0 spiro atoms. The topological polar surface area (TPSA) is 79.3 Å². The number of carboxylic acid groups (broad SMARTS) is 1. The number of hydrogen-bond acceptors (Lipinski definition) is 4. The van der Waals surface area contributed by atoms with Crippen LogP contribution in [0.25, 0.3) is 0 Å². The van der Waals surface area contributed by atoms with Crippen LogP contribution >= 0.6 is 11.3 Å². The maximum Gasteiger partial charge on any atom is 0.329 e. The number of carboxylic acids is 1. The van der Waals surface area contributed by atoms with Gasteiger partial charge >= 0.3 is 5.97 Å². The molecule has 0 bridgehead atoms. The van der Waals surface area contributed by atoms with Gasteiger partial charge in [0.15, 0.2) is 0 Å². The molecule has 25 heavy (non-hydrogen) atoms. The van der Waals surface area contributed by atoms with Crippen LogP contribution in [0.5, 0.6) is 0 Å². The third-order valence-electron chi connectivity index (χ3n) is 3.85. The van der Waals surface area contributed by atoms with E-state index in [1.54, 1.807) is 17.5 Å². The highest BCUT2D eigenvalue weighted by Gasteiger charge is 2.33. The van der Waals surface area contributed by atoms with Gasteiger partial charge in [0, 0.05) is 11.8 Å². The lowest BCUT2D eigenvalue weighted by Crippen LogP contribution is -2.52. The van der Waals surface area contributed by atoms with Gasteiger partial charge in [-0.3, -0.25) is 4.79 Å². The third-order valence-corrected chi connectivity index (χ3v) is 4.74. The van der Waals surface area contributed by atoms with Crippen molar-refractivity contribution >= 4 is 23.2 Å². The van der Waals surface area contributed by atoms with Gasteiger partial charge in [0.2, 0.25) is 5.91 Å². The van der Waals surface area contributed by atoms with Crippen molar-refractivity contribution in [3.05, 3.63) is 51.7 Å². The lowest BCUT2D eigenvalue weighted by molar-refractivity contribution is -0.147. The van der Waals surface area contributed by atoms with E-state index in [-0.39, 0.29) is 18.1 Å². The molecule has 1 aromatic heterocycles. The fraction of sp³-hybridized carbons (Fsp3) is 0.389. The predicted molar refractivity (Wildman–Crippen MR) is 94.1 cm³/mol. The SMILES string of the molecule is CCCC(C)(NC(=O)Cc1csc(Cc2ccc(F)cc2)n1)C(=O)O. The molecular weight excluding hydrogens is 343 g/mol. The smallest absolute Gasteiger partial charge is 0.329 e. The first-order valence-electron chi connectivity index (χ1n) is 8.04. The summed E-state index contributed by atoms with van der Waals surface area (Å²) >= 11 is 1.42. The Balaban J connectivity index is 1.97. The van der Waals surface area contributed by atoms with Crippen molar-refractivity contribution < 1.29 is 19.1 Å². The Morgan fingerprint density at radius 2 is 2.00 bits per heavy atom. The Morgan fingerprint density at radius 1 is 1.32 bits per heavy atom. The van der Waals surface area contributed by atoms with Crippen molar-refractivity contribution in [2.75, 3.05) is 0 Å². The van der Waals surface area contributed by atoms with E-state index in [0.29, 0.717) is 25.0 Å². The fourth-order valence-corrected chi connectivity index (χ4v) is 3.36. The maximum absolute atomic E-state index is 12.9. The first-order chi connectivity index (χ1) is 11.8. The molecule has 1 heterocycles. The van der Waals surface area contributed by atoms with E-state index in [1.165, 1.54) is 30.4 Å². The number of aliphatic carboxylic acids is 1. The van der Waals surface area contributed by atoms with Gasteiger partial charge in [-0.15, -0.1) is 11.3 Å². The van der Waals surface area contributed by atoms with Crippen LogP contribution in [-0.2, 0) is 22.4 Å². The molecule has 1 unspecified atom stereocenters. The number of nitrogens with one attached hydrogen (secondary N) is 1. The summed E-state index contributed by atoms with van der Waals surface area (Å²) in [4.78, 5) is 27.9. The molecule has 1 amide bonds. The quantitative estimate of drug-likeness (QED) is 0.754. The molecule has 5 nitrogen and oxygen atoms in total. The zero-order chi connectivity index (χ0) is 18.4. The highest BCUT2D eigenvalue weighted by atomic mass is 32.1. The van der Waals surface area contributed by atoms with Gasteiger partial charge in [-0.05, 0) is 31.0 Å². The minimum absolute atomic E-state index is 0.0342. The highest BCUT2D eigenvalue weighted by Crippen LogP contribution is 2.17. The Kier molecular flexibility index (Phi) is 6.25. The minimum atomic E-state index is -1.27. The van der Waals surface area contributed by atoms with Crippen molar-refractivity contribution in [1.82, 2.24) is 10.3 Å². The second-order valence-corrected chi connectivity index (χ2v) is 7.09. The maximum atomic E-state index is 12.9. The van der Waals surface area contributed by atoms with Crippen LogP contribution in [0.1, 0.15) is 43.0 Å². The van der Waals surface area contributed by atoms with Crippen molar-refractivity contribution in [3.8, 4) is 0 Å². The number of carbonyl (C=O) groups is 2. The molecular formula is C18H21FN2O3S. The van der Waals surface area contributed by atoms with Gasteiger partial charge < -0.3 is 10.4 Å². The Hall–Kier alpha value is -2.28. The van der Waals surface area contributed by atoms with E-state index in [9.17, 15) is 19.1 Å². The van der Waals surface area contributed by atoms with Crippen molar-refractivity contribution in [2.24, 2.45) is 0 Å². The van der Waals surface area contributed by atoms with Gasteiger partial charge in [-0.25, -0.2) is 14.2 Å². The number of thiazole rings is 1. The zero-order valence-corrected chi connectivity index (χ0v) is 15.0. The van der Waals surface area contributed by atoms with Crippen LogP contribution in [0.15, 0.2) is 29.6 Å². The molecule has 2 rings (SSSR count).